The van der Waals surface area contributed by atoms with E-state index in [0.29, 0.717) is 0 Å². The molecule has 0 spiro atoms. The quantitative estimate of drug-likeness (QED) is 0.0917. The monoisotopic (exact) mass is 772 g/mol. The molecular formula is C33H40O21. The third-order valence-corrected chi connectivity index (χ3v) is 9.40. The number of aliphatic hydroxyl groups is 10. The molecule has 21 nitrogen and oxygen atoms in total. The Kier molecular flexibility index (Phi) is 11.5. The number of fused-ring (bicyclic) bond motifs is 1. The number of phenols is 3. The van der Waals surface area contributed by atoms with E-state index in [2.05, 4.69) is 0 Å². The molecule has 3 aliphatic rings. The van der Waals surface area contributed by atoms with Crippen molar-refractivity contribution in [1.29, 1.82) is 0 Å². The summed E-state index contributed by atoms with van der Waals surface area (Å²) in [6, 6.07) is 5.19. The SMILES string of the molecule is C[C@@H]1O[C@@H](Oc2c(-c3ccc(O)c(O)c3)oc3cc(O[C@@H]4O[C@@H](CO)[C@H](O)[C@@H](O)[C@@H]4O)cc(O)c3c2=O)[C@H](O[C@H]2O[C@H](CO)[C@H](O)[C@@H](O)[C@@H]2O)[C@@H](O)[C@@H]1O. The maximum absolute atomic E-state index is 14.2. The van der Waals surface area contributed by atoms with E-state index < -0.39 is 150 Å². The summed E-state index contributed by atoms with van der Waals surface area (Å²) in [6.07, 6.45) is -25.8. The molecule has 298 valence electrons. The lowest BCUT2D eigenvalue weighted by atomic mass is 9.97. The van der Waals surface area contributed by atoms with E-state index in [1.807, 2.05) is 0 Å². The molecule has 3 aliphatic heterocycles. The molecule has 0 saturated carbocycles. The minimum absolute atomic E-state index is 0.116. The Morgan fingerprint density at radius 3 is 1.85 bits per heavy atom. The fraction of sp³-hybridized carbons (Fsp3) is 0.545. The van der Waals surface area contributed by atoms with Gasteiger partial charge in [-0.1, -0.05) is 0 Å². The number of aromatic hydroxyl groups is 3. The zero-order valence-corrected chi connectivity index (χ0v) is 28.0. The van der Waals surface area contributed by atoms with Gasteiger partial charge in [-0.3, -0.25) is 4.79 Å². The van der Waals surface area contributed by atoms with E-state index in [4.69, 9.17) is 32.8 Å². The van der Waals surface area contributed by atoms with Gasteiger partial charge in [0.1, 0.15) is 83.5 Å². The normalized spacial score (nSPS) is 37.3. The summed E-state index contributed by atoms with van der Waals surface area (Å²) in [5, 5.41) is 133. The van der Waals surface area contributed by atoms with Crippen LogP contribution in [0.25, 0.3) is 22.3 Å². The van der Waals surface area contributed by atoms with Gasteiger partial charge in [-0.25, -0.2) is 0 Å². The van der Waals surface area contributed by atoms with Gasteiger partial charge in [0.15, 0.2) is 29.7 Å². The average molecular weight is 773 g/mol. The van der Waals surface area contributed by atoms with Crippen LogP contribution < -0.4 is 14.9 Å². The fourth-order valence-electron chi connectivity index (χ4n) is 6.28. The van der Waals surface area contributed by atoms with Crippen molar-refractivity contribution < 1.29 is 99.2 Å². The maximum atomic E-state index is 14.2. The smallest absolute Gasteiger partial charge is 0.239 e. The van der Waals surface area contributed by atoms with Gasteiger partial charge < -0.3 is 99.2 Å². The zero-order chi connectivity index (χ0) is 39.3. The topological polar surface area (TPSA) is 349 Å². The summed E-state index contributed by atoms with van der Waals surface area (Å²) in [5.74, 6) is -3.59. The number of hydrogen-bond donors (Lipinski definition) is 13. The Morgan fingerprint density at radius 1 is 0.630 bits per heavy atom. The third-order valence-electron chi connectivity index (χ3n) is 9.40. The van der Waals surface area contributed by atoms with E-state index in [-0.39, 0.29) is 11.3 Å². The number of benzene rings is 2. The van der Waals surface area contributed by atoms with Crippen LogP contribution in [0.15, 0.2) is 39.5 Å². The van der Waals surface area contributed by atoms with Gasteiger partial charge >= 0.3 is 0 Å². The summed E-state index contributed by atoms with van der Waals surface area (Å²) < 4.78 is 39.7. The van der Waals surface area contributed by atoms with Gasteiger partial charge in [0, 0.05) is 17.7 Å². The van der Waals surface area contributed by atoms with Crippen molar-refractivity contribution >= 4 is 11.0 Å². The number of rotatable bonds is 9. The number of hydrogen-bond acceptors (Lipinski definition) is 21. The average Bonchev–Trinajstić information content (AvgIpc) is 3.14. The fourth-order valence-corrected chi connectivity index (χ4v) is 6.28. The van der Waals surface area contributed by atoms with Crippen molar-refractivity contribution in [2.24, 2.45) is 0 Å². The van der Waals surface area contributed by atoms with Gasteiger partial charge in [0.25, 0.3) is 0 Å². The minimum atomic E-state index is -1.97. The lowest BCUT2D eigenvalue weighted by Crippen LogP contribution is -2.64. The van der Waals surface area contributed by atoms with Crippen LogP contribution in [0, 0.1) is 0 Å². The molecule has 0 aliphatic carbocycles. The molecule has 3 saturated heterocycles. The van der Waals surface area contributed by atoms with Gasteiger partial charge in [0.05, 0.1) is 19.3 Å². The number of phenolic OH excluding ortho intramolecular Hbond substituents is 3. The molecule has 3 aromatic rings. The van der Waals surface area contributed by atoms with Crippen molar-refractivity contribution in [2.75, 3.05) is 13.2 Å². The molecule has 0 unspecified atom stereocenters. The first-order valence-corrected chi connectivity index (χ1v) is 16.5. The second kappa shape index (κ2) is 15.7. The molecule has 0 bridgehead atoms. The van der Waals surface area contributed by atoms with E-state index in [1.54, 1.807) is 0 Å². The van der Waals surface area contributed by atoms with E-state index >= 15 is 0 Å². The number of ether oxygens (including phenoxy) is 6. The Bertz CT molecular complexity index is 1850. The van der Waals surface area contributed by atoms with Gasteiger partial charge in [-0.15, -0.1) is 0 Å². The van der Waals surface area contributed by atoms with Crippen LogP contribution in [0.4, 0.5) is 0 Å². The Balaban J connectivity index is 1.42. The van der Waals surface area contributed by atoms with Crippen LogP contribution in [-0.4, -0.2) is 172 Å². The van der Waals surface area contributed by atoms with Gasteiger partial charge in [0.2, 0.25) is 23.8 Å². The predicted molar refractivity (Wildman–Crippen MR) is 173 cm³/mol. The number of aliphatic hydroxyl groups excluding tert-OH is 10. The first-order chi connectivity index (χ1) is 25.6. The standard InChI is InChI=1S/C33H40O21/c1-9-19(39)25(45)30(54-32-27(47)24(44)21(41)17(8-35)52-32)33(48-9)53-29-22(42)18-14(38)5-11(49-31-26(46)23(43)20(40)16(7-34)51-31)6-15(18)50-28(29)10-2-3-12(36)13(37)4-10/h2-6,9,16-17,19-21,23-27,30-41,43-47H,7-8H2,1H3/t9-,16-,17+,19+,20-,21-,23+,24+,25-,26-,27-,30+,31+,32+,33-/m0/s1. The van der Waals surface area contributed by atoms with Crippen molar-refractivity contribution in [3.05, 3.63) is 40.6 Å². The molecule has 1 aromatic heterocycles. The molecule has 4 heterocycles. The van der Waals surface area contributed by atoms with Crippen LogP contribution in [0.3, 0.4) is 0 Å². The van der Waals surface area contributed by atoms with E-state index in [0.717, 1.165) is 24.3 Å². The molecule has 3 fully saturated rings. The first kappa shape index (κ1) is 39.8. The summed E-state index contributed by atoms with van der Waals surface area (Å²) in [5.41, 5.74) is -1.63. The molecule has 0 amide bonds. The first-order valence-electron chi connectivity index (χ1n) is 16.5. The highest BCUT2D eigenvalue weighted by Gasteiger charge is 2.51. The summed E-state index contributed by atoms with van der Waals surface area (Å²) in [7, 11) is 0. The zero-order valence-electron chi connectivity index (χ0n) is 28.0. The Morgan fingerprint density at radius 2 is 1.24 bits per heavy atom. The molecule has 15 atom stereocenters. The highest BCUT2D eigenvalue weighted by atomic mass is 16.8. The lowest BCUT2D eigenvalue weighted by Gasteiger charge is -2.45. The molecule has 21 heteroatoms. The molecule has 6 rings (SSSR count). The predicted octanol–water partition coefficient (Wildman–Crippen LogP) is -4.21. The second-order valence-corrected chi connectivity index (χ2v) is 13.0. The molecule has 54 heavy (non-hydrogen) atoms. The van der Waals surface area contributed by atoms with Gasteiger partial charge in [-0.05, 0) is 25.1 Å². The summed E-state index contributed by atoms with van der Waals surface area (Å²) in [4.78, 5) is 14.2. The van der Waals surface area contributed by atoms with Crippen molar-refractivity contribution in [3.8, 4) is 40.1 Å². The van der Waals surface area contributed by atoms with Crippen LogP contribution in [0.1, 0.15) is 6.92 Å². The van der Waals surface area contributed by atoms with Crippen molar-refractivity contribution in [1.82, 2.24) is 0 Å². The van der Waals surface area contributed by atoms with E-state index in [9.17, 15) is 71.2 Å². The highest BCUT2D eigenvalue weighted by Crippen LogP contribution is 2.41. The molecule has 0 radical (unpaired) electrons. The Hall–Kier alpha value is -3.91. The van der Waals surface area contributed by atoms with E-state index in [1.165, 1.54) is 13.0 Å². The lowest BCUT2D eigenvalue weighted by molar-refractivity contribution is -0.355. The van der Waals surface area contributed by atoms with Crippen LogP contribution in [-0.2, 0) is 18.9 Å². The Labute approximate surface area is 303 Å². The van der Waals surface area contributed by atoms with Crippen LogP contribution in [0.5, 0.6) is 28.7 Å². The summed E-state index contributed by atoms with van der Waals surface area (Å²) in [6.45, 7) is -0.255. The highest BCUT2D eigenvalue weighted by molar-refractivity contribution is 5.88. The second-order valence-electron chi connectivity index (χ2n) is 13.0. The van der Waals surface area contributed by atoms with Gasteiger partial charge in [-0.2, -0.15) is 0 Å². The largest absolute Gasteiger partial charge is 0.507 e. The maximum Gasteiger partial charge on any atom is 0.239 e. The van der Waals surface area contributed by atoms with Crippen LogP contribution >= 0.6 is 0 Å². The van der Waals surface area contributed by atoms with Crippen molar-refractivity contribution in [2.45, 2.75) is 99.0 Å². The van der Waals surface area contributed by atoms with Crippen molar-refractivity contribution in [3.63, 3.8) is 0 Å². The molecule has 2 aromatic carbocycles. The third kappa shape index (κ3) is 7.27. The molecular weight excluding hydrogens is 732 g/mol. The minimum Gasteiger partial charge on any atom is -0.507 e. The summed E-state index contributed by atoms with van der Waals surface area (Å²) >= 11 is 0. The molecule has 13 N–H and O–H groups in total. The van der Waals surface area contributed by atoms with Crippen LogP contribution in [0.2, 0.25) is 0 Å².